The van der Waals surface area contributed by atoms with Gasteiger partial charge in [0.15, 0.2) is 5.96 Å². The number of thiazole rings is 1. The second-order valence-corrected chi connectivity index (χ2v) is 7.00. The predicted molar refractivity (Wildman–Crippen MR) is 106 cm³/mol. The van der Waals surface area contributed by atoms with Crippen LogP contribution in [0, 0.1) is 0 Å². The van der Waals surface area contributed by atoms with Gasteiger partial charge in [-0.05, 0) is 24.1 Å². The lowest BCUT2D eigenvalue weighted by Crippen LogP contribution is -2.39. The monoisotopic (exact) mass is 360 g/mol. The Morgan fingerprint density at radius 1 is 1.16 bits per heavy atom. The summed E-state index contributed by atoms with van der Waals surface area (Å²) in [7, 11) is 3.48. The van der Waals surface area contributed by atoms with Crippen LogP contribution in [0.1, 0.15) is 36.0 Å². The Kier molecular flexibility index (Phi) is 7.73. The van der Waals surface area contributed by atoms with Crippen molar-refractivity contribution >= 4 is 17.3 Å². The molecule has 0 bridgehead atoms. The summed E-state index contributed by atoms with van der Waals surface area (Å²) in [5, 5.41) is 10.0. The van der Waals surface area contributed by atoms with Crippen molar-refractivity contribution in [1.82, 2.24) is 15.6 Å². The molecule has 0 atom stereocenters. The third kappa shape index (κ3) is 6.38. The molecule has 0 radical (unpaired) electrons. The van der Waals surface area contributed by atoms with Crippen molar-refractivity contribution < 1.29 is 4.74 Å². The molecule has 0 saturated carbocycles. The number of aromatic nitrogens is 1. The molecule has 2 N–H and O–H groups in total. The zero-order valence-electron chi connectivity index (χ0n) is 15.5. The van der Waals surface area contributed by atoms with Crippen LogP contribution in [0.5, 0.6) is 5.75 Å². The molecule has 25 heavy (non-hydrogen) atoms. The Labute approximate surface area is 154 Å². The van der Waals surface area contributed by atoms with Gasteiger partial charge >= 0.3 is 0 Å². The Morgan fingerprint density at radius 2 is 1.84 bits per heavy atom. The van der Waals surface area contributed by atoms with Crippen LogP contribution in [0.15, 0.2) is 34.6 Å². The molecule has 0 aliphatic carbocycles. The molecular formula is C19H28N4OS. The lowest BCUT2D eigenvalue weighted by Gasteiger charge is -2.11. The highest BCUT2D eigenvalue weighted by atomic mass is 32.1. The standard InChI is InChI=1S/C19H28N4OS/c1-14(2)18-23-16(13-25-18)10-12-22-19(20-3)21-11-9-15-5-7-17(24-4)8-6-15/h5-8,13-14H,9-12H2,1-4H3,(H2,20,21,22). The summed E-state index contributed by atoms with van der Waals surface area (Å²) in [5.41, 5.74) is 2.42. The molecule has 5 nitrogen and oxygen atoms in total. The van der Waals surface area contributed by atoms with Crippen molar-refractivity contribution in [3.05, 3.63) is 45.9 Å². The minimum absolute atomic E-state index is 0.499. The van der Waals surface area contributed by atoms with Crippen molar-refractivity contribution in [2.75, 3.05) is 27.2 Å². The number of nitrogens with one attached hydrogen (secondary N) is 2. The molecule has 0 aliphatic heterocycles. The first-order valence-electron chi connectivity index (χ1n) is 8.64. The average molecular weight is 361 g/mol. The van der Waals surface area contributed by atoms with Gasteiger partial charge in [-0.2, -0.15) is 0 Å². The maximum Gasteiger partial charge on any atom is 0.190 e. The highest BCUT2D eigenvalue weighted by Gasteiger charge is 2.06. The Morgan fingerprint density at radius 3 is 2.40 bits per heavy atom. The molecule has 2 rings (SSSR count). The average Bonchev–Trinajstić information content (AvgIpc) is 3.10. The normalized spacial score (nSPS) is 11.6. The van der Waals surface area contributed by atoms with E-state index in [2.05, 4.69) is 52.0 Å². The van der Waals surface area contributed by atoms with E-state index in [0.717, 1.165) is 43.3 Å². The number of methoxy groups -OCH3 is 1. The molecule has 6 heteroatoms. The molecule has 0 unspecified atom stereocenters. The third-order valence-electron chi connectivity index (χ3n) is 3.83. The first kappa shape index (κ1) is 19.2. The lowest BCUT2D eigenvalue weighted by atomic mass is 10.1. The van der Waals surface area contributed by atoms with Crippen LogP contribution in [-0.2, 0) is 12.8 Å². The summed E-state index contributed by atoms with van der Waals surface area (Å²) in [6.07, 6.45) is 1.84. The first-order valence-corrected chi connectivity index (χ1v) is 9.52. The van der Waals surface area contributed by atoms with Crippen LogP contribution in [0.25, 0.3) is 0 Å². The Balaban J connectivity index is 1.69. The van der Waals surface area contributed by atoms with Crippen LogP contribution >= 0.6 is 11.3 Å². The first-order chi connectivity index (χ1) is 12.1. The third-order valence-corrected chi connectivity index (χ3v) is 5.02. The van der Waals surface area contributed by atoms with E-state index >= 15 is 0 Å². The second kappa shape index (κ2) is 10.0. The molecular weight excluding hydrogens is 332 g/mol. The molecule has 0 saturated heterocycles. The topological polar surface area (TPSA) is 58.5 Å². The van der Waals surface area contributed by atoms with Gasteiger partial charge in [0.2, 0.25) is 0 Å². The molecule has 136 valence electrons. The van der Waals surface area contributed by atoms with Crippen molar-refractivity contribution in [3.8, 4) is 5.75 Å². The predicted octanol–water partition coefficient (Wildman–Crippen LogP) is 3.23. The van der Waals surface area contributed by atoms with Gasteiger partial charge in [0.25, 0.3) is 0 Å². The maximum atomic E-state index is 5.18. The fourth-order valence-corrected chi connectivity index (χ4v) is 3.22. The quantitative estimate of drug-likeness (QED) is 0.560. The molecule has 1 heterocycles. The minimum atomic E-state index is 0.499. The number of rotatable bonds is 8. The fraction of sp³-hybridized carbons (Fsp3) is 0.474. The van der Waals surface area contributed by atoms with Crippen molar-refractivity contribution in [3.63, 3.8) is 0 Å². The summed E-state index contributed by atoms with van der Waals surface area (Å²) in [6.45, 7) is 6.01. The van der Waals surface area contributed by atoms with Gasteiger partial charge in [-0.25, -0.2) is 4.98 Å². The minimum Gasteiger partial charge on any atom is -0.497 e. The van der Waals surface area contributed by atoms with Crippen LogP contribution in [0.3, 0.4) is 0 Å². The summed E-state index contributed by atoms with van der Waals surface area (Å²) < 4.78 is 5.18. The smallest absolute Gasteiger partial charge is 0.190 e. The summed E-state index contributed by atoms with van der Waals surface area (Å²) in [5.74, 6) is 2.21. The number of nitrogens with zero attached hydrogens (tertiary/aromatic N) is 2. The van der Waals surface area contributed by atoms with Crippen LogP contribution < -0.4 is 15.4 Å². The van der Waals surface area contributed by atoms with E-state index in [-0.39, 0.29) is 0 Å². The summed E-state index contributed by atoms with van der Waals surface area (Å²) in [6, 6.07) is 8.15. The number of hydrogen-bond donors (Lipinski definition) is 2. The van der Waals surface area contributed by atoms with Gasteiger partial charge in [-0.3, -0.25) is 4.99 Å². The molecule has 0 fully saturated rings. The molecule has 1 aromatic heterocycles. The second-order valence-electron chi connectivity index (χ2n) is 6.11. The summed E-state index contributed by atoms with van der Waals surface area (Å²) >= 11 is 1.74. The highest BCUT2D eigenvalue weighted by Crippen LogP contribution is 2.19. The molecule has 2 aromatic rings. The van der Waals surface area contributed by atoms with Crippen molar-refractivity contribution in [2.24, 2.45) is 4.99 Å². The van der Waals surface area contributed by atoms with Gasteiger partial charge in [0, 0.05) is 37.9 Å². The van der Waals surface area contributed by atoms with E-state index in [1.54, 1.807) is 25.5 Å². The van der Waals surface area contributed by atoms with Gasteiger partial charge in [-0.15, -0.1) is 11.3 Å². The number of guanidine groups is 1. The SMILES string of the molecule is CN=C(NCCc1ccc(OC)cc1)NCCc1csc(C(C)C)n1. The van der Waals surface area contributed by atoms with E-state index < -0.39 is 0 Å². The zero-order chi connectivity index (χ0) is 18.1. The number of benzene rings is 1. The Bertz CT molecular complexity index is 664. The number of hydrogen-bond acceptors (Lipinski definition) is 4. The van der Waals surface area contributed by atoms with Crippen molar-refractivity contribution in [2.45, 2.75) is 32.6 Å². The molecule has 0 amide bonds. The van der Waals surface area contributed by atoms with Gasteiger partial charge in [0.1, 0.15) is 5.75 Å². The van der Waals surface area contributed by atoms with E-state index in [1.165, 1.54) is 10.6 Å². The van der Waals surface area contributed by atoms with Crippen LogP contribution in [-0.4, -0.2) is 38.2 Å². The van der Waals surface area contributed by atoms with Crippen molar-refractivity contribution in [1.29, 1.82) is 0 Å². The van der Waals surface area contributed by atoms with Crippen LogP contribution in [0.2, 0.25) is 0 Å². The highest BCUT2D eigenvalue weighted by molar-refractivity contribution is 7.09. The Hall–Kier alpha value is -2.08. The van der Waals surface area contributed by atoms with E-state index in [1.807, 2.05) is 12.1 Å². The summed E-state index contributed by atoms with van der Waals surface area (Å²) in [4.78, 5) is 8.92. The fourth-order valence-electron chi connectivity index (χ4n) is 2.35. The maximum absolute atomic E-state index is 5.18. The zero-order valence-corrected chi connectivity index (χ0v) is 16.3. The van der Waals surface area contributed by atoms with Gasteiger partial charge in [-0.1, -0.05) is 26.0 Å². The van der Waals surface area contributed by atoms with Gasteiger partial charge < -0.3 is 15.4 Å². The van der Waals surface area contributed by atoms with Crippen LogP contribution in [0.4, 0.5) is 0 Å². The number of aliphatic imine (C=N–C) groups is 1. The molecule has 1 aromatic carbocycles. The van der Waals surface area contributed by atoms with E-state index in [0.29, 0.717) is 5.92 Å². The molecule has 0 spiro atoms. The lowest BCUT2D eigenvalue weighted by molar-refractivity contribution is 0.414. The molecule has 0 aliphatic rings. The van der Waals surface area contributed by atoms with Gasteiger partial charge in [0.05, 0.1) is 17.8 Å². The largest absolute Gasteiger partial charge is 0.497 e. The van der Waals surface area contributed by atoms with E-state index in [4.69, 9.17) is 4.74 Å². The van der Waals surface area contributed by atoms with E-state index in [9.17, 15) is 0 Å². The number of ether oxygens (including phenoxy) is 1.